The Hall–Kier alpha value is -1.93. The van der Waals surface area contributed by atoms with Crippen LogP contribution in [0.2, 0.25) is 0 Å². The Morgan fingerprint density at radius 2 is 1.80 bits per heavy atom. The first-order valence-electron chi connectivity index (χ1n) is 8.02. The van der Waals surface area contributed by atoms with Gasteiger partial charge in [0.2, 0.25) is 5.76 Å². The highest BCUT2D eigenvalue weighted by atomic mass is 16.7. The van der Waals surface area contributed by atoms with Gasteiger partial charge in [-0.1, -0.05) is 19.8 Å². The van der Waals surface area contributed by atoms with Crippen molar-refractivity contribution >= 4 is 18.2 Å². The predicted molar refractivity (Wildman–Crippen MR) is 88.6 cm³/mol. The van der Waals surface area contributed by atoms with Crippen LogP contribution in [0.3, 0.4) is 0 Å². The van der Waals surface area contributed by atoms with Crippen LogP contribution in [0.4, 0.5) is 0 Å². The minimum absolute atomic E-state index is 0.128. The Morgan fingerprint density at radius 1 is 1.12 bits per heavy atom. The van der Waals surface area contributed by atoms with E-state index in [1.54, 1.807) is 0 Å². The van der Waals surface area contributed by atoms with Crippen molar-refractivity contribution < 1.29 is 38.1 Å². The number of esters is 2. The lowest BCUT2D eigenvalue weighted by Gasteiger charge is -2.33. The number of ether oxygens (including phenoxy) is 5. The maximum absolute atomic E-state index is 11.9. The lowest BCUT2D eigenvalue weighted by molar-refractivity contribution is -0.179. The first-order valence-corrected chi connectivity index (χ1v) is 8.02. The third-order valence-corrected chi connectivity index (χ3v) is 3.54. The maximum Gasteiger partial charge on any atom is 0.373 e. The van der Waals surface area contributed by atoms with Crippen LogP contribution in [0, 0.1) is 0 Å². The molecule has 0 amide bonds. The molecule has 0 aliphatic carbocycles. The van der Waals surface area contributed by atoms with Crippen molar-refractivity contribution in [2.24, 2.45) is 0 Å². The van der Waals surface area contributed by atoms with E-state index in [0.29, 0.717) is 12.7 Å². The second kappa shape index (κ2) is 12.4. The van der Waals surface area contributed by atoms with Crippen molar-refractivity contribution in [1.29, 1.82) is 0 Å². The molecule has 0 radical (unpaired) electrons. The molecule has 0 rings (SSSR count). The van der Waals surface area contributed by atoms with Crippen LogP contribution >= 0.6 is 0 Å². The number of unbranched alkanes of at least 4 members (excludes halogenated alkanes) is 2. The molecule has 0 saturated heterocycles. The van der Waals surface area contributed by atoms with E-state index in [1.807, 2.05) is 6.92 Å². The van der Waals surface area contributed by atoms with E-state index in [2.05, 4.69) is 9.47 Å². The van der Waals surface area contributed by atoms with Crippen molar-refractivity contribution in [2.75, 3.05) is 28.1 Å². The summed E-state index contributed by atoms with van der Waals surface area (Å²) in [5.41, 5.74) is -1.37. The highest BCUT2D eigenvalue weighted by molar-refractivity contribution is 5.94. The smallest absolute Gasteiger partial charge is 0.373 e. The molecule has 8 nitrogen and oxygen atoms in total. The van der Waals surface area contributed by atoms with Gasteiger partial charge >= 0.3 is 11.9 Å². The molecule has 0 spiro atoms. The van der Waals surface area contributed by atoms with Gasteiger partial charge in [0.15, 0.2) is 11.9 Å². The number of rotatable bonds is 13. The van der Waals surface area contributed by atoms with Gasteiger partial charge in [-0.15, -0.1) is 0 Å². The minimum Gasteiger partial charge on any atom is -0.479 e. The summed E-state index contributed by atoms with van der Waals surface area (Å²) in [4.78, 5) is 35.0. The van der Waals surface area contributed by atoms with Gasteiger partial charge in [-0.2, -0.15) is 0 Å². The van der Waals surface area contributed by atoms with Gasteiger partial charge in [0.1, 0.15) is 12.9 Å². The molecule has 0 bridgehead atoms. The van der Waals surface area contributed by atoms with Gasteiger partial charge in [-0.25, -0.2) is 9.59 Å². The fourth-order valence-corrected chi connectivity index (χ4v) is 1.99. The molecule has 0 aromatic heterocycles. The van der Waals surface area contributed by atoms with E-state index in [1.165, 1.54) is 21.1 Å². The molecule has 0 heterocycles. The Kier molecular flexibility index (Phi) is 11.5. The number of carbonyl (C=O) groups is 3. The summed E-state index contributed by atoms with van der Waals surface area (Å²) in [6.07, 6.45) is 3.70. The molecule has 25 heavy (non-hydrogen) atoms. The number of carbonyl (C=O) groups excluding carboxylic acids is 3. The van der Waals surface area contributed by atoms with Crippen LogP contribution in [0.1, 0.15) is 39.5 Å². The maximum atomic E-state index is 11.9. The molecule has 0 aliphatic rings. The number of hydrogen-bond acceptors (Lipinski definition) is 8. The zero-order valence-corrected chi connectivity index (χ0v) is 15.5. The van der Waals surface area contributed by atoms with Crippen LogP contribution in [0.15, 0.2) is 11.8 Å². The van der Waals surface area contributed by atoms with E-state index >= 15 is 0 Å². The topological polar surface area (TPSA) is 97.4 Å². The molecule has 0 saturated carbocycles. The van der Waals surface area contributed by atoms with Crippen molar-refractivity contribution in [2.45, 2.75) is 51.2 Å². The third kappa shape index (κ3) is 8.13. The van der Waals surface area contributed by atoms with Crippen LogP contribution in [-0.4, -0.2) is 58.1 Å². The van der Waals surface area contributed by atoms with E-state index < -0.39 is 23.6 Å². The Balaban J connectivity index is 5.53. The summed E-state index contributed by atoms with van der Waals surface area (Å²) in [5.74, 6) is -1.99. The number of aldehydes is 1. The summed E-state index contributed by atoms with van der Waals surface area (Å²) in [6.45, 7) is 3.44. The Labute approximate surface area is 148 Å². The van der Waals surface area contributed by atoms with Gasteiger partial charge in [-0.3, -0.25) is 4.79 Å². The molecule has 8 heteroatoms. The lowest BCUT2D eigenvalue weighted by Crippen LogP contribution is -2.46. The quantitative estimate of drug-likeness (QED) is 0.122. The van der Waals surface area contributed by atoms with Crippen LogP contribution in [0.25, 0.3) is 0 Å². The fraction of sp³-hybridized carbons (Fsp3) is 0.706. The highest BCUT2D eigenvalue weighted by Gasteiger charge is 2.38. The second-order valence-corrected chi connectivity index (χ2v) is 5.48. The molecule has 0 fully saturated rings. The molecule has 0 aromatic carbocycles. The van der Waals surface area contributed by atoms with E-state index in [9.17, 15) is 14.4 Å². The van der Waals surface area contributed by atoms with Crippen LogP contribution in [0.5, 0.6) is 0 Å². The summed E-state index contributed by atoms with van der Waals surface area (Å²) >= 11 is 0. The van der Waals surface area contributed by atoms with Crippen molar-refractivity contribution in [1.82, 2.24) is 0 Å². The van der Waals surface area contributed by atoms with Gasteiger partial charge in [0, 0.05) is 7.11 Å². The molecule has 0 N–H and O–H groups in total. The SMILES string of the molecule is CCCCC[C@@H](O/C(=C\C(=O)OC)C(=O)OC)[C@@](C)(C=O)OCOC. The van der Waals surface area contributed by atoms with E-state index in [0.717, 1.165) is 32.4 Å². The molecule has 0 unspecified atom stereocenters. The molecule has 2 atom stereocenters. The predicted octanol–water partition coefficient (Wildman–Crippen LogP) is 1.76. The number of hydrogen-bond donors (Lipinski definition) is 0. The van der Waals surface area contributed by atoms with Gasteiger partial charge < -0.3 is 23.7 Å². The van der Waals surface area contributed by atoms with Crippen LogP contribution in [-0.2, 0) is 38.1 Å². The van der Waals surface area contributed by atoms with Crippen LogP contribution < -0.4 is 0 Å². The molecule has 0 aliphatic heterocycles. The first kappa shape index (κ1) is 23.1. The van der Waals surface area contributed by atoms with E-state index in [4.69, 9.17) is 14.2 Å². The standard InChI is InChI=1S/C17H28O8/c1-6-7-8-9-14(17(2,11-18)24-12-21-3)25-13(16(20)23-5)10-15(19)22-4/h10-11,14H,6-9,12H2,1-5H3/b13-10-/t14-,17-/m1/s1. The first-order chi connectivity index (χ1) is 11.9. The third-order valence-electron chi connectivity index (χ3n) is 3.54. The molecule has 0 aromatic rings. The zero-order valence-electron chi connectivity index (χ0n) is 15.5. The Bertz CT molecular complexity index is 460. The largest absolute Gasteiger partial charge is 0.479 e. The summed E-state index contributed by atoms with van der Waals surface area (Å²) in [7, 11) is 3.75. The van der Waals surface area contributed by atoms with Crippen molar-refractivity contribution in [3.05, 3.63) is 11.8 Å². The van der Waals surface area contributed by atoms with Gasteiger partial charge in [0.25, 0.3) is 0 Å². The van der Waals surface area contributed by atoms with E-state index in [-0.39, 0.29) is 12.6 Å². The Morgan fingerprint density at radius 3 is 2.28 bits per heavy atom. The highest BCUT2D eigenvalue weighted by Crippen LogP contribution is 2.25. The summed E-state index contributed by atoms with van der Waals surface area (Å²) < 4.78 is 25.1. The van der Waals surface area contributed by atoms with Crippen molar-refractivity contribution in [3.8, 4) is 0 Å². The summed E-state index contributed by atoms with van der Waals surface area (Å²) in [5, 5.41) is 0. The van der Waals surface area contributed by atoms with Gasteiger partial charge in [-0.05, 0) is 19.8 Å². The molecular formula is C17H28O8. The molecular weight excluding hydrogens is 332 g/mol. The van der Waals surface area contributed by atoms with Gasteiger partial charge in [0.05, 0.1) is 20.3 Å². The zero-order chi connectivity index (χ0) is 19.3. The second-order valence-electron chi connectivity index (χ2n) is 5.48. The molecule has 144 valence electrons. The monoisotopic (exact) mass is 360 g/mol. The average Bonchev–Trinajstić information content (AvgIpc) is 2.63. The number of methoxy groups -OCH3 is 3. The summed E-state index contributed by atoms with van der Waals surface area (Å²) in [6, 6.07) is 0. The minimum atomic E-state index is -1.37. The average molecular weight is 360 g/mol. The van der Waals surface area contributed by atoms with Crippen molar-refractivity contribution in [3.63, 3.8) is 0 Å². The fourth-order valence-electron chi connectivity index (χ4n) is 1.99. The normalized spacial score (nSPS) is 15.0. The lowest BCUT2D eigenvalue weighted by atomic mass is 9.95.